The fraction of sp³-hybridized carbons (Fsp3) is 0.0714. The zero-order valence-electron chi connectivity index (χ0n) is 10.5. The Balaban J connectivity index is 1.91. The standard InChI is InChI=1S/C14H12N2O3S/c17-14(10-20-13-7-2-1-3-8-13)15-11-5-4-6-12(9-11)16(18)19/h1-9H,10H2,(H,15,17). The number of hydrogen-bond acceptors (Lipinski definition) is 4. The van der Waals surface area contributed by atoms with Gasteiger partial charge < -0.3 is 5.32 Å². The van der Waals surface area contributed by atoms with Gasteiger partial charge in [-0.1, -0.05) is 24.3 Å². The highest BCUT2D eigenvalue weighted by Gasteiger charge is 2.08. The van der Waals surface area contributed by atoms with E-state index in [-0.39, 0.29) is 17.3 Å². The third kappa shape index (κ3) is 4.10. The molecule has 5 nitrogen and oxygen atoms in total. The van der Waals surface area contributed by atoms with Gasteiger partial charge >= 0.3 is 0 Å². The van der Waals surface area contributed by atoms with Crippen molar-refractivity contribution in [1.82, 2.24) is 0 Å². The van der Waals surface area contributed by atoms with Crippen molar-refractivity contribution in [2.75, 3.05) is 11.1 Å². The first-order valence-electron chi connectivity index (χ1n) is 5.87. The van der Waals surface area contributed by atoms with Crippen LogP contribution in [0.15, 0.2) is 59.5 Å². The van der Waals surface area contributed by atoms with Crippen molar-refractivity contribution < 1.29 is 9.72 Å². The van der Waals surface area contributed by atoms with Crippen LogP contribution >= 0.6 is 11.8 Å². The van der Waals surface area contributed by atoms with E-state index >= 15 is 0 Å². The summed E-state index contributed by atoms with van der Waals surface area (Å²) in [5.41, 5.74) is 0.386. The Kier molecular flexibility index (Phi) is 4.73. The number of nitrogens with one attached hydrogen (secondary N) is 1. The monoisotopic (exact) mass is 288 g/mol. The molecule has 0 spiro atoms. The summed E-state index contributed by atoms with van der Waals surface area (Å²) in [7, 11) is 0. The molecule has 2 aromatic rings. The van der Waals surface area contributed by atoms with Gasteiger partial charge in [-0.05, 0) is 18.2 Å². The number of non-ortho nitro benzene ring substituents is 1. The van der Waals surface area contributed by atoms with Crippen LogP contribution in [0.3, 0.4) is 0 Å². The number of amides is 1. The third-order valence-corrected chi connectivity index (χ3v) is 3.47. The fourth-order valence-corrected chi connectivity index (χ4v) is 2.28. The van der Waals surface area contributed by atoms with Crippen molar-refractivity contribution in [3.05, 3.63) is 64.7 Å². The maximum Gasteiger partial charge on any atom is 0.271 e. The van der Waals surface area contributed by atoms with Crippen LogP contribution in [0.25, 0.3) is 0 Å². The summed E-state index contributed by atoms with van der Waals surface area (Å²) in [5.74, 6) is 0.0616. The van der Waals surface area contributed by atoms with E-state index < -0.39 is 4.92 Å². The van der Waals surface area contributed by atoms with Gasteiger partial charge in [0.2, 0.25) is 5.91 Å². The quantitative estimate of drug-likeness (QED) is 0.520. The second-order valence-corrected chi connectivity index (χ2v) is 5.01. The minimum atomic E-state index is -0.492. The topological polar surface area (TPSA) is 72.2 Å². The van der Waals surface area contributed by atoms with Crippen molar-refractivity contribution in [3.63, 3.8) is 0 Å². The molecule has 0 saturated carbocycles. The van der Waals surface area contributed by atoms with Crippen LogP contribution in [-0.4, -0.2) is 16.6 Å². The molecule has 0 bridgehead atoms. The lowest BCUT2D eigenvalue weighted by atomic mass is 10.3. The summed E-state index contributed by atoms with van der Waals surface area (Å²) in [5, 5.41) is 13.3. The number of hydrogen-bond donors (Lipinski definition) is 1. The molecular formula is C14H12N2O3S. The first kappa shape index (κ1) is 14.1. The van der Waals surface area contributed by atoms with Crippen LogP contribution in [0.4, 0.5) is 11.4 Å². The summed E-state index contributed by atoms with van der Waals surface area (Å²) < 4.78 is 0. The number of rotatable bonds is 5. The number of thioether (sulfide) groups is 1. The first-order valence-corrected chi connectivity index (χ1v) is 6.86. The summed E-state index contributed by atoms with van der Waals surface area (Å²) in [6.45, 7) is 0. The van der Waals surface area contributed by atoms with Gasteiger partial charge in [0.15, 0.2) is 0 Å². The molecule has 0 fully saturated rings. The second-order valence-electron chi connectivity index (χ2n) is 3.96. The van der Waals surface area contributed by atoms with E-state index in [2.05, 4.69) is 5.32 Å². The predicted molar refractivity (Wildman–Crippen MR) is 78.9 cm³/mol. The molecule has 2 rings (SSSR count). The summed E-state index contributed by atoms with van der Waals surface area (Å²) >= 11 is 1.41. The Morgan fingerprint density at radius 1 is 1.15 bits per heavy atom. The lowest BCUT2D eigenvalue weighted by Crippen LogP contribution is -2.14. The van der Waals surface area contributed by atoms with Gasteiger partial charge in [-0.25, -0.2) is 0 Å². The number of carbonyl (C=O) groups excluding carboxylic acids is 1. The van der Waals surface area contributed by atoms with Crippen molar-refractivity contribution in [2.24, 2.45) is 0 Å². The van der Waals surface area contributed by atoms with Gasteiger partial charge in [-0.15, -0.1) is 11.8 Å². The maximum absolute atomic E-state index is 11.8. The highest BCUT2D eigenvalue weighted by atomic mass is 32.2. The number of carbonyl (C=O) groups is 1. The summed E-state index contributed by atoms with van der Waals surface area (Å²) in [4.78, 5) is 22.9. The molecule has 0 aliphatic carbocycles. The smallest absolute Gasteiger partial charge is 0.271 e. The summed E-state index contributed by atoms with van der Waals surface area (Å²) in [6.07, 6.45) is 0. The van der Waals surface area contributed by atoms with E-state index in [0.29, 0.717) is 5.69 Å². The number of nitro benzene ring substituents is 1. The lowest BCUT2D eigenvalue weighted by Gasteiger charge is -2.05. The number of nitro groups is 1. The predicted octanol–water partition coefficient (Wildman–Crippen LogP) is 3.33. The molecule has 0 atom stereocenters. The molecule has 0 aliphatic heterocycles. The minimum absolute atomic E-state index is 0.0430. The molecule has 6 heteroatoms. The molecule has 1 N–H and O–H groups in total. The highest BCUT2D eigenvalue weighted by molar-refractivity contribution is 8.00. The van der Waals surface area contributed by atoms with Crippen LogP contribution in [0.2, 0.25) is 0 Å². The van der Waals surface area contributed by atoms with Gasteiger partial charge in [-0.3, -0.25) is 14.9 Å². The molecule has 20 heavy (non-hydrogen) atoms. The normalized spacial score (nSPS) is 10.0. The molecule has 0 heterocycles. The van der Waals surface area contributed by atoms with Crippen LogP contribution in [0.1, 0.15) is 0 Å². The van der Waals surface area contributed by atoms with Crippen LogP contribution in [-0.2, 0) is 4.79 Å². The van der Waals surface area contributed by atoms with Crippen molar-refractivity contribution in [2.45, 2.75) is 4.90 Å². The molecular weight excluding hydrogens is 276 g/mol. The fourth-order valence-electron chi connectivity index (χ4n) is 1.56. The van der Waals surface area contributed by atoms with E-state index in [1.807, 2.05) is 30.3 Å². The Morgan fingerprint density at radius 2 is 1.90 bits per heavy atom. The maximum atomic E-state index is 11.8. The highest BCUT2D eigenvalue weighted by Crippen LogP contribution is 2.19. The van der Waals surface area contributed by atoms with E-state index in [1.54, 1.807) is 6.07 Å². The lowest BCUT2D eigenvalue weighted by molar-refractivity contribution is -0.384. The average molecular weight is 288 g/mol. The van der Waals surface area contributed by atoms with E-state index in [4.69, 9.17) is 0 Å². The zero-order chi connectivity index (χ0) is 14.4. The molecule has 0 aromatic heterocycles. The molecule has 2 aromatic carbocycles. The zero-order valence-corrected chi connectivity index (χ0v) is 11.3. The number of anilines is 1. The first-order chi connectivity index (χ1) is 9.65. The van der Waals surface area contributed by atoms with Gasteiger partial charge in [-0.2, -0.15) is 0 Å². The molecule has 102 valence electrons. The van der Waals surface area contributed by atoms with Crippen LogP contribution < -0.4 is 5.32 Å². The second kappa shape index (κ2) is 6.72. The molecule has 0 unspecified atom stereocenters. The van der Waals surface area contributed by atoms with Gasteiger partial charge in [0.25, 0.3) is 5.69 Å². The van der Waals surface area contributed by atoms with Crippen LogP contribution in [0.5, 0.6) is 0 Å². The van der Waals surface area contributed by atoms with Gasteiger partial charge in [0, 0.05) is 22.7 Å². The van der Waals surface area contributed by atoms with E-state index in [9.17, 15) is 14.9 Å². The van der Waals surface area contributed by atoms with E-state index in [0.717, 1.165) is 4.90 Å². The average Bonchev–Trinajstić information content (AvgIpc) is 2.46. The van der Waals surface area contributed by atoms with Crippen molar-refractivity contribution >= 4 is 29.0 Å². The Morgan fingerprint density at radius 3 is 2.60 bits per heavy atom. The summed E-state index contributed by atoms with van der Waals surface area (Å²) in [6, 6.07) is 15.4. The Hall–Kier alpha value is -2.34. The van der Waals surface area contributed by atoms with E-state index in [1.165, 1.54) is 30.0 Å². The third-order valence-electron chi connectivity index (χ3n) is 2.45. The van der Waals surface area contributed by atoms with Crippen molar-refractivity contribution in [1.29, 1.82) is 0 Å². The SMILES string of the molecule is O=C(CSc1ccccc1)Nc1cccc([N+](=O)[O-])c1. The Labute approximate surface area is 120 Å². The van der Waals surface area contributed by atoms with Gasteiger partial charge in [0.1, 0.15) is 0 Å². The molecule has 0 saturated heterocycles. The molecule has 0 radical (unpaired) electrons. The number of benzene rings is 2. The largest absolute Gasteiger partial charge is 0.325 e. The van der Waals surface area contributed by atoms with Crippen molar-refractivity contribution in [3.8, 4) is 0 Å². The Bertz CT molecular complexity index is 617. The molecule has 0 aliphatic rings. The van der Waals surface area contributed by atoms with Gasteiger partial charge in [0.05, 0.1) is 10.7 Å². The molecule has 1 amide bonds. The minimum Gasteiger partial charge on any atom is -0.325 e. The number of nitrogens with zero attached hydrogens (tertiary/aromatic N) is 1. The van der Waals surface area contributed by atoms with Crippen LogP contribution in [0, 0.1) is 10.1 Å².